The van der Waals surface area contributed by atoms with Gasteiger partial charge in [0.25, 0.3) is 15.9 Å². The summed E-state index contributed by atoms with van der Waals surface area (Å²) in [4.78, 5) is 14.6. The molecule has 1 fully saturated rings. The Morgan fingerprint density at radius 3 is 2.56 bits per heavy atom. The lowest BCUT2D eigenvalue weighted by atomic mass is 9.90. The van der Waals surface area contributed by atoms with E-state index in [0.717, 1.165) is 12.0 Å². The van der Waals surface area contributed by atoms with Gasteiger partial charge in [0.2, 0.25) is 0 Å². The van der Waals surface area contributed by atoms with E-state index in [9.17, 15) is 13.2 Å². The molecule has 7 heteroatoms. The van der Waals surface area contributed by atoms with Crippen molar-refractivity contribution < 1.29 is 13.2 Å². The van der Waals surface area contributed by atoms with Crippen molar-refractivity contribution in [2.45, 2.75) is 25.2 Å². The van der Waals surface area contributed by atoms with E-state index in [1.807, 2.05) is 19.1 Å². The van der Waals surface area contributed by atoms with Gasteiger partial charge in [-0.15, -0.1) is 0 Å². The number of nitrogens with one attached hydrogen (secondary N) is 1. The first-order valence-electron chi connectivity index (χ1n) is 8.91. The van der Waals surface area contributed by atoms with Crippen LogP contribution in [0.2, 0.25) is 0 Å². The Kier molecular flexibility index (Phi) is 5.26. The Labute approximate surface area is 160 Å². The Hall–Kier alpha value is -2.38. The number of nitrogens with two attached hydrogens (primary N) is 1. The number of nitrogens with zero attached hydrogens (tertiary/aromatic N) is 1. The predicted octanol–water partition coefficient (Wildman–Crippen LogP) is 2.61. The molecule has 1 unspecified atom stereocenters. The number of likely N-dealkylation sites (tertiary alicyclic amines) is 1. The topological polar surface area (TPSA) is 92.5 Å². The summed E-state index contributed by atoms with van der Waals surface area (Å²) in [5.74, 6) is -0.167. The normalized spacial score (nSPS) is 19.9. The highest BCUT2D eigenvalue weighted by Gasteiger charge is 2.35. The zero-order chi connectivity index (χ0) is 19.7. The smallest absolute Gasteiger partial charge is 0.261 e. The number of hydrogen-bond acceptors (Lipinski definition) is 4. The van der Waals surface area contributed by atoms with Gasteiger partial charge in [-0.2, -0.15) is 0 Å². The van der Waals surface area contributed by atoms with Crippen LogP contribution in [0.3, 0.4) is 0 Å². The summed E-state index contributed by atoms with van der Waals surface area (Å²) in [5.41, 5.74) is 7.62. The van der Waals surface area contributed by atoms with Crippen molar-refractivity contribution in [3.05, 3.63) is 59.7 Å². The Morgan fingerprint density at radius 2 is 1.93 bits per heavy atom. The standard InChI is InChI=1S/C20H25N3O3S/c1-15-6-8-17(9-7-15)22-27(25,26)18-5-3-4-16(12-18)19(24)23-11-10-20(2,13-21)14-23/h3-9,12,22H,10-11,13-14,21H2,1-2H3. The van der Waals surface area contributed by atoms with Crippen molar-refractivity contribution in [2.75, 3.05) is 24.4 Å². The maximum absolute atomic E-state index is 12.8. The molecular formula is C20H25N3O3S. The summed E-state index contributed by atoms with van der Waals surface area (Å²) < 4.78 is 27.9. The molecule has 144 valence electrons. The fourth-order valence-electron chi connectivity index (χ4n) is 3.18. The number of benzene rings is 2. The number of anilines is 1. The van der Waals surface area contributed by atoms with Crippen LogP contribution < -0.4 is 10.5 Å². The average Bonchev–Trinajstić information content (AvgIpc) is 3.06. The minimum Gasteiger partial charge on any atom is -0.338 e. The lowest BCUT2D eigenvalue weighted by Crippen LogP contribution is -2.34. The minimum absolute atomic E-state index is 0.0645. The third kappa shape index (κ3) is 4.31. The number of aryl methyl sites for hydroxylation is 1. The van der Waals surface area contributed by atoms with E-state index in [-0.39, 0.29) is 16.2 Å². The van der Waals surface area contributed by atoms with Gasteiger partial charge in [-0.1, -0.05) is 30.7 Å². The van der Waals surface area contributed by atoms with Crippen LogP contribution in [0.1, 0.15) is 29.3 Å². The summed E-state index contributed by atoms with van der Waals surface area (Å²) >= 11 is 0. The summed E-state index contributed by atoms with van der Waals surface area (Å²) in [6.07, 6.45) is 0.849. The van der Waals surface area contributed by atoms with Crippen molar-refractivity contribution in [1.82, 2.24) is 4.90 Å². The first-order valence-corrected chi connectivity index (χ1v) is 10.4. The van der Waals surface area contributed by atoms with Crippen LogP contribution >= 0.6 is 0 Å². The van der Waals surface area contributed by atoms with Crippen molar-refractivity contribution in [1.29, 1.82) is 0 Å². The molecule has 1 atom stereocenters. The molecule has 3 N–H and O–H groups in total. The van der Waals surface area contributed by atoms with E-state index in [4.69, 9.17) is 5.73 Å². The van der Waals surface area contributed by atoms with Crippen LogP contribution in [0.25, 0.3) is 0 Å². The Bertz CT molecular complexity index is 941. The van der Waals surface area contributed by atoms with Gasteiger partial charge in [-0.25, -0.2) is 8.42 Å². The second kappa shape index (κ2) is 7.32. The van der Waals surface area contributed by atoms with Gasteiger partial charge in [0.1, 0.15) is 0 Å². The number of rotatable bonds is 5. The molecule has 6 nitrogen and oxygen atoms in total. The molecule has 1 heterocycles. The highest BCUT2D eigenvalue weighted by Crippen LogP contribution is 2.29. The third-order valence-electron chi connectivity index (χ3n) is 5.03. The highest BCUT2D eigenvalue weighted by molar-refractivity contribution is 7.92. The van der Waals surface area contributed by atoms with Crippen LogP contribution in [0, 0.1) is 12.3 Å². The fraction of sp³-hybridized carbons (Fsp3) is 0.350. The molecular weight excluding hydrogens is 362 g/mol. The van der Waals surface area contributed by atoms with Crippen molar-refractivity contribution >= 4 is 21.6 Å². The molecule has 0 saturated carbocycles. The molecule has 0 aliphatic carbocycles. The molecule has 2 aromatic rings. The van der Waals surface area contributed by atoms with E-state index >= 15 is 0 Å². The molecule has 2 aromatic carbocycles. The number of hydrogen-bond donors (Lipinski definition) is 2. The number of carbonyl (C=O) groups is 1. The molecule has 0 spiro atoms. The monoisotopic (exact) mass is 387 g/mol. The van der Waals surface area contributed by atoms with Gasteiger partial charge in [-0.3, -0.25) is 9.52 Å². The fourth-order valence-corrected chi connectivity index (χ4v) is 4.28. The minimum atomic E-state index is -3.77. The second-order valence-electron chi connectivity index (χ2n) is 7.49. The molecule has 3 rings (SSSR count). The Morgan fingerprint density at radius 1 is 1.22 bits per heavy atom. The molecule has 0 aromatic heterocycles. The zero-order valence-electron chi connectivity index (χ0n) is 15.6. The van der Waals surface area contributed by atoms with Crippen LogP contribution in [0.15, 0.2) is 53.4 Å². The lowest BCUT2D eigenvalue weighted by molar-refractivity contribution is 0.0776. The van der Waals surface area contributed by atoms with E-state index in [1.165, 1.54) is 12.1 Å². The highest BCUT2D eigenvalue weighted by atomic mass is 32.2. The van der Waals surface area contributed by atoms with E-state index in [2.05, 4.69) is 11.6 Å². The summed E-state index contributed by atoms with van der Waals surface area (Å²) in [7, 11) is -3.77. The van der Waals surface area contributed by atoms with E-state index in [0.29, 0.717) is 30.9 Å². The second-order valence-corrected chi connectivity index (χ2v) is 9.17. The van der Waals surface area contributed by atoms with Crippen molar-refractivity contribution in [2.24, 2.45) is 11.1 Å². The average molecular weight is 388 g/mol. The number of carbonyl (C=O) groups excluding carboxylic acids is 1. The van der Waals surface area contributed by atoms with Gasteiger partial charge >= 0.3 is 0 Å². The third-order valence-corrected chi connectivity index (χ3v) is 6.41. The summed E-state index contributed by atoms with van der Waals surface area (Å²) in [6, 6.07) is 13.2. The molecule has 1 aliphatic rings. The lowest BCUT2D eigenvalue weighted by Gasteiger charge is -2.22. The molecule has 1 amide bonds. The largest absolute Gasteiger partial charge is 0.338 e. The van der Waals surface area contributed by atoms with Gasteiger partial charge in [0, 0.05) is 24.3 Å². The van der Waals surface area contributed by atoms with Crippen LogP contribution in [0.5, 0.6) is 0 Å². The SMILES string of the molecule is Cc1ccc(NS(=O)(=O)c2cccc(C(=O)N3CCC(C)(CN)C3)c2)cc1. The summed E-state index contributed by atoms with van der Waals surface area (Å²) in [5, 5.41) is 0. The molecule has 0 radical (unpaired) electrons. The van der Waals surface area contributed by atoms with E-state index < -0.39 is 10.0 Å². The van der Waals surface area contributed by atoms with Crippen LogP contribution in [0.4, 0.5) is 5.69 Å². The van der Waals surface area contributed by atoms with Crippen molar-refractivity contribution in [3.63, 3.8) is 0 Å². The maximum Gasteiger partial charge on any atom is 0.261 e. The Balaban J connectivity index is 1.80. The predicted molar refractivity (Wildman–Crippen MR) is 106 cm³/mol. The molecule has 1 aliphatic heterocycles. The summed E-state index contributed by atoms with van der Waals surface area (Å²) in [6.45, 7) is 5.73. The molecule has 1 saturated heterocycles. The molecule has 27 heavy (non-hydrogen) atoms. The number of amides is 1. The number of sulfonamides is 1. The maximum atomic E-state index is 12.8. The van der Waals surface area contributed by atoms with Gasteiger partial charge in [0.15, 0.2) is 0 Å². The van der Waals surface area contributed by atoms with Gasteiger partial charge in [0.05, 0.1) is 4.90 Å². The van der Waals surface area contributed by atoms with Crippen LogP contribution in [-0.4, -0.2) is 38.9 Å². The van der Waals surface area contributed by atoms with E-state index in [1.54, 1.807) is 29.2 Å². The van der Waals surface area contributed by atoms with Gasteiger partial charge < -0.3 is 10.6 Å². The quantitative estimate of drug-likeness (QED) is 0.825. The first kappa shape index (κ1) is 19.4. The van der Waals surface area contributed by atoms with Crippen LogP contribution in [-0.2, 0) is 10.0 Å². The molecule has 0 bridgehead atoms. The van der Waals surface area contributed by atoms with Crippen molar-refractivity contribution in [3.8, 4) is 0 Å². The zero-order valence-corrected chi connectivity index (χ0v) is 16.4. The van der Waals surface area contributed by atoms with Gasteiger partial charge in [-0.05, 0) is 55.6 Å². The first-order chi connectivity index (χ1) is 12.7.